The van der Waals surface area contributed by atoms with E-state index in [1.165, 1.54) is 39.4 Å². The van der Waals surface area contributed by atoms with Crippen molar-refractivity contribution in [1.82, 2.24) is 9.97 Å². The lowest BCUT2D eigenvalue weighted by Crippen LogP contribution is -2.68. The largest absolute Gasteiger partial charge is 0.317 e. The molecule has 4 heterocycles. The molecule has 0 radical (unpaired) electrons. The fraction of sp³-hybridized carbons (Fsp3) is 0.200. The van der Waals surface area contributed by atoms with Gasteiger partial charge < -0.3 is 19.6 Å². The van der Waals surface area contributed by atoms with E-state index < -0.39 is 0 Å². The lowest BCUT2D eigenvalue weighted by atomic mass is 9.42. The molecule has 0 spiro atoms. The Balaban J connectivity index is 1.22. The van der Waals surface area contributed by atoms with Crippen LogP contribution in [0.5, 0.6) is 0 Å². The first kappa shape index (κ1) is 30.0. The molecule has 0 amide bonds. The maximum Gasteiger partial charge on any atom is 0.178 e. The quantitative estimate of drug-likeness (QED) is 0.176. The molecule has 250 valence electrons. The molecule has 3 aliphatic heterocycles. The number of hydrogen-bond acceptors (Lipinski definition) is 6. The van der Waals surface area contributed by atoms with Crippen molar-refractivity contribution in [2.24, 2.45) is 5.41 Å². The van der Waals surface area contributed by atoms with Gasteiger partial charge in [-0.25, -0.2) is 9.97 Å². The van der Waals surface area contributed by atoms with Gasteiger partial charge in [0.25, 0.3) is 0 Å². The fourth-order valence-electron chi connectivity index (χ4n) is 10.1. The maximum absolute atomic E-state index is 4.98. The average molecular weight is 665 g/mol. The standard InChI is InChI=1S/C45H40N6/c1-4-44-30-36(34-22-12-14-24-37(34)49-31(3)48(32-18-8-6-9-19-32)41-42(49)47-29-28-46-41)45(44,5-2)43-50(33-20-10-7-11-21-33)39-26-16-17-27-40(39)51(43)38-25-15-13-23-35(38)44/h6-31,43H,4-5H2,1-3H3. The van der Waals surface area contributed by atoms with E-state index in [1.807, 2.05) is 6.20 Å². The van der Waals surface area contributed by atoms with Gasteiger partial charge in [-0.1, -0.05) is 105 Å². The SMILES string of the molecule is CCC12C=C(c3ccccc3N3c4nccnc4N(c4ccccc4)C3C)C1(CC)C1N(c3ccccc3)c3ccccc3N1c1ccccc12. The van der Waals surface area contributed by atoms with Crippen molar-refractivity contribution < 1.29 is 0 Å². The first-order valence-corrected chi connectivity index (χ1v) is 18.2. The third-order valence-corrected chi connectivity index (χ3v) is 12.1. The molecule has 6 nitrogen and oxygen atoms in total. The Morgan fingerprint density at radius 2 is 1.06 bits per heavy atom. The van der Waals surface area contributed by atoms with Crippen molar-refractivity contribution in [3.05, 3.63) is 163 Å². The zero-order valence-electron chi connectivity index (χ0n) is 29.2. The number of benzene rings is 5. The van der Waals surface area contributed by atoms with Crippen LogP contribution in [0.15, 0.2) is 152 Å². The number of para-hydroxylation sites is 6. The second-order valence-electron chi connectivity index (χ2n) is 14.1. The molecule has 4 atom stereocenters. The highest BCUT2D eigenvalue weighted by atomic mass is 15.5. The molecule has 1 aliphatic carbocycles. The van der Waals surface area contributed by atoms with Crippen molar-refractivity contribution in [2.45, 2.75) is 51.4 Å². The molecule has 4 aliphatic rings. The van der Waals surface area contributed by atoms with Gasteiger partial charge in [-0.3, -0.25) is 0 Å². The van der Waals surface area contributed by atoms with Crippen molar-refractivity contribution in [3.63, 3.8) is 0 Å². The van der Waals surface area contributed by atoms with Crippen molar-refractivity contribution in [1.29, 1.82) is 0 Å². The lowest BCUT2D eigenvalue weighted by molar-refractivity contribution is 0.139. The Morgan fingerprint density at radius 1 is 0.529 bits per heavy atom. The molecular weight excluding hydrogens is 625 g/mol. The van der Waals surface area contributed by atoms with E-state index in [2.05, 4.69) is 180 Å². The summed E-state index contributed by atoms with van der Waals surface area (Å²) in [6.45, 7) is 7.06. The predicted molar refractivity (Wildman–Crippen MR) is 209 cm³/mol. The molecule has 6 aromatic rings. The van der Waals surface area contributed by atoms with Crippen LogP contribution in [-0.2, 0) is 5.41 Å². The van der Waals surface area contributed by atoms with Gasteiger partial charge in [-0.15, -0.1) is 0 Å². The predicted octanol–water partition coefficient (Wildman–Crippen LogP) is 10.9. The number of aromatic nitrogens is 2. The molecule has 4 unspecified atom stereocenters. The van der Waals surface area contributed by atoms with Crippen LogP contribution in [-0.4, -0.2) is 22.3 Å². The fourth-order valence-corrected chi connectivity index (χ4v) is 10.1. The van der Waals surface area contributed by atoms with Crippen molar-refractivity contribution >= 4 is 51.3 Å². The molecule has 0 bridgehead atoms. The summed E-state index contributed by atoms with van der Waals surface area (Å²) in [5.74, 6) is 1.75. The Bertz CT molecular complexity index is 2320. The molecule has 0 saturated heterocycles. The minimum Gasteiger partial charge on any atom is -0.317 e. The van der Waals surface area contributed by atoms with Gasteiger partial charge in [0, 0.05) is 45.8 Å². The summed E-state index contributed by atoms with van der Waals surface area (Å²) in [5.41, 5.74) is 10.9. The second kappa shape index (κ2) is 11.1. The summed E-state index contributed by atoms with van der Waals surface area (Å²) in [5, 5.41) is 0. The van der Waals surface area contributed by atoms with Crippen LogP contribution in [0.3, 0.4) is 0 Å². The minimum absolute atomic E-state index is 0.0223. The molecule has 51 heavy (non-hydrogen) atoms. The van der Waals surface area contributed by atoms with Crippen LogP contribution in [0, 0.1) is 5.41 Å². The molecule has 10 rings (SSSR count). The summed E-state index contributed by atoms with van der Waals surface area (Å²) >= 11 is 0. The van der Waals surface area contributed by atoms with Crippen LogP contribution in [0.25, 0.3) is 5.57 Å². The Hall–Kier alpha value is -5.88. The summed E-state index contributed by atoms with van der Waals surface area (Å²) < 4.78 is 0. The zero-order valence-corrected chi connectivity index (χ0v) is 29.2. The van der Waals surface area contributed by atoms with Gasteiger partial charge in [0.05, 0.1) is 17.1 Å². The number of hydrogen-bond donors (Lipinski definition) is 0. The molecule has 0 saturated carbocycles. The van der Waals surface area contributed by atoms with E-state index in [1.54, 1.807) is 6.20 Å². The van der Waals surface area contributed by atoms with Gasteiger partial charge in [-0.2, -0.15) is 0 Å². The van der Waals surface area contributed by atoms with Crippen molar-refractivity contribution in [2.75, 3.05) is 19.6 Å². The first-order valence-electron chi connectivity index (χ1n) is 18.2. The zero-order chi connectivity index (χ0) is 34.3. The number of anilines is 8. The van der Waals surface area contributed by atoms with Crippen LogP contribution in [0.4, 0.5) is 45.8 Å². The molecule has 0 N–H and O–H groups in total. The van der Waals surface area contributed by atoms with Gasteiger partial charge in [-0.05, 0) is 79.4 Å². The molecular formula is C45H40N6. The smallest absolute Gasteiger partial charge is 0.178 e. The topological polar surface area (TPSA) is 38.7 Å². The van der Waals surface area contributed by atoms with Gasteiger partial charge in [0.15, 0.2) is 11.6 Å². The summed E-state index contributed by atoms with van der Waals surface area (Å²) in [4.78, 5) is 19.9. The van der Waals surface area contributed by atoms with E-state index in [4.69, 9.17) is 9.97 Å². The number of allylic oxidation sites excluding steroid dienone is 1. The number of fused-ring (bicyclic) bond motifs is 9. The van der Waals surface area contributed by atoms with Crippen LogP contribution < -0.4 is 19.6 Å². The van der Waals surface area contributed by atoms with Crippen molar-refractivity contribution in [3.8, 4) is 0 Å². The summed E-state index contributed by atoms with van der Waals surface area (Å²) in [6, 6.07) is 48.7. The van der Waals surface area contributed by atoms with Crippen LogP contribution in [0.2, 0.25) is 0 Å². The summed E-state index contributed by atoms with van der Waals surface area (Å²) in [6.07, 6.45) is 8.20. The van der Waals surface area contributed by atoms with Crippen LogP contribution in [0.1, 0.15) is 44.7 Å². The van der Waals surface area contributed by atoms with E-state index in [9.17, 15) is 0 Å². The van der Waals surface area contributed by atoms with Gasteiger partial charge >= 0.3 is 0 Å². The highest BCUT2D eigenvalue weighted by Crippen LogP contribution is 2.74. The second-order valence-corrected chi connectivity index (χ2v) is 14.1. The molecule has 5 aromatic carbocycles. The maximum atomic E-state index is 4.98. The first-order chi connectivity index (χ1) is 25.1. The van der Waals surface area contributed by atoms with E-state index in [-0.39, 0.29) is 23.2 Å². The lowest BCUT2D eigenvalue weighted by Gasteiger charge is -2.67. The molecule has 6 heteroatoms. The average Bonchev–Trinajstić information content (AvgIpc) is 3.68. The van der Waals surface area contributed by atoms with Crippen LogP contribution >= 0.6 is 0 Å². The highest BCUT2D eigenvalue weighted by molar-refractivity contribution is 5.99. The summed E-state index contributed by atoms with van der Waals surface area (Å²) in [7, 11) is 0. The third kappa shape index (κ3) is 3.77. The monoisotopic (exact) mass is 664 g/mol. The minimum atomic E-state index is -0.256. The van der Waals surface area contributed by atoms with E-state index in [0.717, 1.165) is 35.9 Å². The Labute approximate surface area is 299 Å². The highest BCUT2D eigenvalue weighted by Gasteiger charge is 2.70. The van der Waals surface area contributed by atoms with E-state index in [0.29, 0.717) is 0 Å². The normalized spacial score (nSPS) is 23.9. The van der Waals surface area contributed by atoms with Gasteiger partial charge in [0.1, 0.15) is 12.3 Å². The Kier molecular flexibility index (Phi) is 6.50. The number of nitrogens with zero attached hydrogens (tertiary/aromatic N) is 6. The Morgan fingerprint density at radius 3 is 1.71 bits per heavy atom. The third-order valence-electron chi connectivity index (χ3n) is 12.1. The van der Waals surface area contributed by atoms with Gasteiger partial charge in [0.2, 0.25) is 0 Å². The number of rotatable bonds is 6. The molecule has 0 fully saturated rings. The van der Waals surface area contributed by atoms with E-state index >= 15 is 0 Å². The molecule has 1 aromatic heterocycles.